The standard InChI is InChI=1S/C20H36N2O5/c1-14(2)20(25)16-5-7-17(8-6-16)22-18(23)9-11-26-12-10-21-19(24)13-27-15(3)4/h14-17H,5-13H2,1-4H3,(H,21,24)(H,22,23). The third-order valence-electron chi connectivity index (χ3n) is 4.65. The maximum atomic E-state index is 12.0. The van der Waals surface area contributed by atoms with Crippen LogP contribution in [-0.4, -0.2) is 56.1 Å². The predicted octanol–water partition coefficient (Wildman–Crippen LogP) is 1.83. The monoisotopic (exact) mass is 384 g/mol. The van der Waals surface area contributed by atoms with Gasteiger partial charge >= 0.3 is 0 Å². The van der Waals surface area contributed by atoms with Crippen LogP contribution in [0.5, 0.6) is 0 Å². The summed E-state index contributed by atoms with van der Waals surface area (Å²) < 4.78 is 10.6. The number of hydrogen-bond donors (Lipinski definition) is 2. The van der Waals surface area contributed by atoms with E-state index in [2.05, 4.69) is 10.6 Å². The molecule has 0 bridgehead atoms. The number of carbonyl (C=O) groups excluding carboxylic acids is 3. The van der Waals surface area contributed by atoms with Crippen molar-refractivity contribution < 1.29 is 23.9 Å². The maximum absolute atomic E-state index is 12.0. The van der Waals surface area contributed by atoms with Crippen LogP contribution in [0.2, 0.25) is 0 Å². The first-order valence-corrected chi connectivity index (χ1v) is 10.1. The Morgan fingerprint density at radius 3 is 2.22 bits per heavy atom. The van der Waals surface area contributed by atoms with Crippen molar-refractivity contribution in [2.24, 2.45) is 11.8 Å². The molecule has 0 radical (unpaired) electrons. The smallest absolute Gasteiger partial charge is 0.246 e. The average Bonchev–Trinajstić information content (AvgIpc) is 2.62. The molecule has 1 saturated carbocycles. The number of nitrogens with one attached hydrogen (secondary N) is 2. The number of rotatable bonds is 12. The lowest BCUT2D eigenvalue weighted by molar-refractivity contribution is -0.128. The molecule has 7 heteroatoms. The lowest BCUT2D eigenvalue weighted by atomic mass is 9.80. The van der Waals surface area contributed by atoms with E-state index in [9.17, 15) is 14.4 Å². The van der Waals surface area contributed by atoms with Gasteiger partial charge in [-0.25, -0.2) is 0 Å². The van der Waals surface area contributed by atoms with Crippen LogP contribution in [0.25, 0.3) is 0 Å². The van der Waals surface area contributed by atoms with Gasteiger partial charge in [0.15, 0.2) is 0 Å². The van der Waals surface area contributed by atoms with Crippen LogP contribution in [0, 0.1) is 11.8 Å². The van der Waals surface area contributed by atoms with Gasteiger partial charge in [0.2, 0.25) is 11.8 Å². The van der Waals surface area contributed by atoms with Gasteiger partial charge in [0, 0.05) is 30.8 Å². The highest BCUT2D eigenvalue weighted by Crippen LogP contribution is 2.27. The van der Waals surface area contributed by atoms with Crippen LogP contribution in [-0.2, 0) is 23.9 Å². The van der Waals surface area contributed by atoms with Gasteiger partial charge in [-0.3, -0.25) is 14.4 Å². The zero-order chi connectivity index (χ0) is 20.2. The molecule has 0 spiro atoms. The minimum atomic E-state index is -0.170. The third kappa shape index (κ3) is 10.4. The van der Waals surface area contributed by atoms with Crippen LogP contribution in [0.3, 0.4) is 0 Å². The fourth-order valence-corrected chi connectivity index (χ4v) is 3.12. The topological polar surface area (TPSA) is 93.7 Å². The van der Waals surface area contributed by atoms with E-state index >= 15 is 0 Å². The molecule has 27 heavy (non-hydrogen) atoms. The molecule has 0 unspecified atom stereocenters. The van der Waals surface area contributed by atoms with E-state index in [1.807, 2.05) is 27.7 Å². The molecule has 1 fully saturated rings. The lowest BCUT2D eigenvalue weighted by Gasteiger charge is -2.29. The first-order valence-electron chi connectivity index (χ1n) is 10.1. The summed E-state index contributed by atoms with van der Waals surface area (Å²) >= 11 is 0. The van der Waals surface area contributed by atoms with Crippen LogP contribution in [0.4, 0.5) is 0 Å². The Morgan fingerprint density at radius 2 is 1.63 bits per heavy atom. The molecule has 0 saturated heterocycles. The molecule has 2 N–H and O–H groups in total. The summed E-state index contributed by atoms with van der Waals surface area (Å²) in [7, 11) is 0. The summed E-state index contributed by atoms with van der Waals surface area (Å²) in [5, 5.41) is 5.72. The molecule has 0 aromatic carbocycles. The van der Waals surface area contributed by atoms with Crippen molar-refractivity contribution in [1.82, 2.24) is 10.6 Å². The van der Waals surface area contributed by atoms with E-state index in [1.165, 1.54) is 0 Å². The van der Waals surface area contributed by atoms with Gasteiger partial charge in [-0.05, 0) is 39.5 Å². The third-order valence-corrected chi connectivity index (χ3v) is 4.65. The highest BCUT2D eigenvalue weighted by Gasteiger charge is 2.28. The van der Waals surface area contributed by atoms with Gasteiger partial charge in [-0.15, -0.1) is 0 Å². The van der Waals surface area contributed by atoms with E-state index in [0.29, 0.717) is 32.0 Å². The molecule has 2 amide bonds. The maximum Gasteiger partial charge on any atom is 0.246 e. The quantitative estimate of drug-likeness (QED) is 0.501. The molecule has 0 aromatic heterocycles. The van der Waals surface area contributed by atoms with Gasteiger partial charge in [-0.1, -0.05) is 13.8 Å². The Bertz CT molecular complexity index is 471. The van der Waals surface area contributed by atoms with Gasteiger partial charge in [0.25, 0.3) is 0 Å². The van der Waals surface area contributed by atoms with Gasteiger partial charge < -0.3 is 20.1 Å². The Hall–Kier alpha value is -1.47. The van der Waals surface area contributed by atoms with Crippen LogP contribution in [0.1, 0.15) is 59.8 Å². The first kappa shape index (κ1) is 23.6. The highest BCUT2D eigenvalue weighted by atomic mass is 16.5. The second kappa shape index (κ2) is 12.8. The fourth-order valence-electron chi connectivity index (χ4n) is 3.12. The van der Waals surface area contributed by atoms with Crippen molar-refractivity contribution in [2.75, 3.05) is 26.4 Å². The van der Waals surface area contributed by atoms with E-state index in [1.54, 1.807) is 0 Å². The number of ketones is 1. The second-order valence-corrected chi connectivity index (χ2v) is 7.75. The van der Waals surface area contributed by atoms with E-state index in [4.69, 9.17) is 9.47 Å². The Balaban J connectivity index is 2.04. The molecule has 1 aliphatic rings. The average molecular weight is 385 g/mol. The SMILES string of the molecule is CC(C)OCC(=O)NCCOCCC(=O)NC1CCC(C(=O)C(C)C)CC1. The predicted molar refractivity (Wildman–Crippen MR) is 103 cm³/mol. The van der Waals surface area contributed by atoms with Gasteiger partial charge in [0.05, 0.1) is 19.3 Å². The Kier molecular flexibility index (Phi) is 11.2. The summed E-state index contributed by atoms with van der Waals surface area (Å²) in [6, 6.07) is 0.161. The number of hydrogen-bond acceptors (Lipinski definition) is 5. The summed E-state index contributed by atoms with van der Waals surface area (Å²) in [6.45, 7) is 8.77. The molecule has 0 atom stereocenters. The molecule has 0 aliphatic heterocycles. The Labute approximate surface area is 162 Å². The van der Waals surface area contributed by atoms with Crippen molar-refractivity contribution in [3.8, 4) is 0 Å². The number of ether oxygens (including phenoxy) is 2. The lowest BCUT2D eigenvalue weighted by Crippen LogP contribution is -2.39. The van der Waals surface area contributed by atoms with Crippen LogP contribution >= 0.6 is 0 Å². The number of amides is 2. The molecule has 0 aromatic rings. The normalized spacial score (nSPS) is 19.9. The van der Waals surface area contributed by atoms with Crippen molar-refractivity contribution in [3.63, 3.8) is 0 Å². The first-order chi connectivity index (χ1) is 12.8. The zero-order valence-corrected chi connectivity index (χ0v) is 17.2. The largest absolute Gasteiger partial charge is 0.379 e. The second-order valence-electron chi connectivity index (χ2n) is 7.75. The van der Waals surface area contributed by atoms with Crippen molar-refractivity contribution in [1.29, 1.82) is 0 Å². The highest BCUT2D eigenvalue weighted by molar-refractivity contribution is 5.83. The molecule has 1 rings (SSSR count). The van der Waals surface area contributed by atoms with E-state index < -0.39 is 0 Å². The zero-order valence-electron chi connectivity index (χ0n) is 17.2. The minimum Gasteiger partial charge on any atom is -0.379 e. The number of Topliss-reactive ketones (excluding diaryl/α,β-unsaturated/α-hetero) is 1. The Morgan fingerprint density at radius 1 is 0.963 bits per heavy atom. The number of carbonyl (C=O) groups is 3. The molecule has 156 valence electrons. The van der Waals surface area contributed by atoms with Crippen LogP contribution < -0.4 is 10.6 Å². The van der Waals surface area contributed by atoms with Crippen molar-refractivity contribution >= 4 is 17.6 Å². The van der Waals surface area contributed by atoms with Gasteiger partial charge in [-0.2, -0.15) is 0 Å². The van der Waals surface area contributed by atoms with Gasteiger partial charge in [0.1, 0.15) is 12.4 Å². The van der Waals surface area contributed by atoms with E-state index in [0.717, 1.165) is 25.7 Å². The molecular weight excluding hydrogens is 348 g/mol. The summed E-state index contributed by atoms with van der Waals surface area (Å²) in [4.78, 5) is 35.4. The fraction of sp³-hybridized carbons (Fsp3) is 0.850. The van der Waals surface area contributed by atoms with E-state index in [-0.39, 0.29) is 42.4 Å². The molecule has 1 aliphatic carbocycles. The van der Waals surface area contributed by atoms with Crippen molar-refractivity contribution in [3.05, 3.63) is 0 Å². The molecule has 7 nitrogen and oxygen atoms in total. The van der Waals surface area contributed by atoms with Crippen molar-refractivity contribution in [2.45, 2.75) is 71.9 Å². The minimum absolute atomic E-state index is 0.0243. The molecular formula is C20H36N2O5. The molecule has 0 heterocycles. The summed E-state index contributed by atoms with van der Waals surface area (Å²) in [5.41, 5.74) is 0. The summed E-state index contributed by atoms with van der Waals surface area (Å²) in [5.74, 6) is 0.393. The van der Waals surface area contributed by atoms with Crippen LogP contribution in [0.15, 0.2) is 0 Å². The summed E-state index contributed by atoms with van der Waals surface area (Å²) in [6.07, 6.45) is 3.77.